The number of nitrogens with one attached hydrogen (secondary N) is 1. The standard InChI is InChI=1S/C11H24N4O3S/c1-2-3-4-13-11(12)14-5-10-19(16,17)15-6-8-18-9-7-15/h2-10H2,1H3,(H3,12,13,14). The van der Waals surface area contributed by atoms with Crippen molar-refractivity contribution in [1.82, 2.24) is 9.62 Å². The van der Waals surface area contributed by atoms with Crippen LogP contribution in [0.3, 0.4) is 0 Å². The molecule has 0 aromatic carbocycles. The highest BCUT2D eigenvalue weighted by molar-refractivity contribution is 7.89. The number of hydrogen-bond donors (Lipinski definition) is 2. The van der Waals surface area contributed by atoms with Crippen LogP contribution in [0, 0.1) is 0 Å². The second-order valence-corrected chi connectivity index (χ2v) is 6.46. The van der Waals surface area contributed by atoms with Crippen LogP contribution >= 0.6 is 0 Å². The first-order valence-corrected chi connectivity index (χ1v) is 8.26. The molecule has 0 amide bonds. The third-order valence-electron chi connectivity index (χ3n) is 2.82. The van der Waals surface area contributed by atoms with E-state index in [-0.39, 0.29) is 12.3 Å². The Morgan fingerprint density at radius 3 is 2.74 bits per heavy atom. The Morgan fingerprint density at radius 1 is 1.42 bits per heavy atom. The SMILES string of the molecule is CCCCN=C(N)NCCS(=O)(=O)N1CCOCC1. The van der Waals surface area contributed by atoms with Gasteiger partial charge in [0.05, 0.1) is 19.0 Å². The molecule has 0 saturated carbocycles. The van der Waals surface area contributed by atoms with Crippen molar-refractivity contribution in [2.24, 2.45) is 10.7 Å². The quantitative estimate of drug-likeness (QED) is 0.369. The minimum absolute atomic E-state index is 0.0248. The summed E-state index contributed by atoms with van der Waals surface area (Å²) in [5.74, 6) is 0.336. The predicted molar refractivity (Wildman–Crippen MR) is 75.6 cm³/mol. The molecule has 1 aliphatic heterocycles. The van der Waals surface area contributed by atoms with Gasteiger partial charge in [0.15, 0.2) is 5.96 Å². The Kier molecular flexibility index (Phi) is 7.11. The second-order valence-electron chi connectivity index (χ2n) is 4.37. The number of rotatable bonds is 7. The smallest absolute Gasteiger partial charge is 0.215 e. The highest BCUT2D eigenvalue weighted by Gasteiger charge is 2.23. The van der Waals surface area contributed by atoms with Crippen molar-refractivity contribution in [3.8, 4) is 0 Å². The third-order valence-corrected chi connectivity index (χ3v) is 4.70. The van der Waals surface area contributed by atoms with Crippen molar-refractivity contribution in [2.45, 2.75) is 19.8 Å². The molecule has 8 heteroatoms. The number of ether oxygens (including phenoxy) is 1. The summed E-state index contributed by atoms with van der Waals surface area (Å²) in [5.41, 5.74) is 5.63. The molecule has 1 rings (SSSR count). The van der Waals surface area contributed by atoms with Gasteiger partial charge in [-0.25, -0.2) is 8.42 Å². The van der Waals surface area contributed by atoms with E-state index in [1.165, 1.54) is 4.31 Å². The molecule has 19 heavy (non-hydrogen) atoms. The summed E-state index contributed by atoms with van der Waals surface area (Å²) in [6.45, 7) is 4.83. The zero-order valence-corrected chi connectivity index (χ0v) is 12.3. The number of sulfonamides is 1. The monoisotopic (exact) mass is 292 g/mol. The Bertz CT molecular complexity index is 377. The highest BCUT2D eigenvalue weighted by atomic mass is 32.2. The van der Waals surface area contributed by atoms with Gasteiger partial charge in [-0.1, -0.05) is 13.3 Å². The van der Waals surface area contributed by atoms with Crippen LogP contribution in [0.4, 0.5) is 0 Å². The summed E-state index contributed by atoms with van der Waals surface area (Å²) in [6.07, 6.45) is 2.04. The number of unbranched alkanes of at least 4 members (excludes halogenated alkanes) is 1. The van der Waals surface area contributed by atoms with Crippen LogP contribution in [0.25, 0.3) is 0 Å². The molecule has 112 valence electrons. The molecule has 0 spiro atoms. The number of hydrogen-bond acceptors (Lipinski definition) is 4. The number of guanidine groups is 1. The molecule has 0 aromatic rings. The lowest BCUT2D eigenvalue weighted by molar-refractivity contribution is 0.0730. The largest absolute Gasteiger partial charge is 0.379 e. The van der Waals surface area contributed by atoms with Gasteiger partial charge < -0.3 is 15.8 Å². The fourth-order valence-corrected chi connectivity index (χ4v) is 3.00. The average molecular weight is 292 g/mol. The van der Waals surface area contributed by atoms with Crippen molar-refractivity contribution in [1.29, 1.82) is 0 Å². The minimum atomic E-state index is -3.22. The van der Waals surface area contributed by atoms with Crippen LogP contribution in [-0.4, -0.2) is 63.8 Å². The van der Waals surface area contributed by atoms with Crippen LogP contribution < -0.4 is 11.1 Å². The molecule has 0 atom stereocenters. The molecule has 3 N–H and O–H groups in total. The first kappa shape index (κ1) is 16.2. The lowest BCUT2D eigenvalue weighted by atomic mass is 10.3. The Labute approximate surface area is 115 Å². The molecule has 7 nitrogen and oxygen atoms in total. The topological polar surface area (TPSA) is 97.0 Å². The molecule has 1 fully saturated rings. The van der Waals surface area contributed by atoms with Crippen LogP contribution in [0.2, 0.25) is 0 Å². The van der Waals surface area contributed by atoms with Gasteiger partial charge in [0.25, 0.3) is 0 Å². The molecule has 0 unspecified atom stereocenters. The van der Waals surface area contributed by atoms with Crippen molar-refractivity contribution in [3.63, 3.8) is 0 Å². The van der Waals surface area contributed by atoms with Gasteiger partial charge in [-0.05, 0) is 6.42 Å². The first-order valence-electron chi connectivity index (χ1n) is 6.65. The number of aliphatic imine (C=N–C) groups is 1. The lowest BCUT2D eigenvalue weighted by Crippen LogP contribution is -2.44. The Morgan fingerprint density at radius 2 is 2.11 bits per heavy atom. The summed E-state index contributed by atoms with van der Waals surface area (Å²) in [6, 6.07) is 0. The summed E-state index contributed by atoms with van der Waals surface area (Å²) in [7, 11) is -3.22. The summed E-state index contributed by atoms with van der Waals surface area (Å²) >= 11 is 0. The van der Waals surface area contributed by atoms with E-state index in [0.29, 0.717) is 38.8 Å². The fourth-order valence-electron chi connectivity index (χ4n) is 1.68. The highest BCUT2D eigenvalue weighted by Crippen LogP contribution is 2.04. The molecule has 0 aromatic heterocycles. The van der Waals surface area contributed by atoms with Gasteiger partial charge in [0.2, 0.25) is 10.0 Å². The van der Waals surface area contributed by atoms with Gasteiger partial charge in [-0.3, -0.25) is 4.99 Å². The maximum Gasteiger partial charge on any atom is 0.215 e. The molecule has 0 bridgehead atoms. The zero-order valence-electron chi connectivity index (χ0n) is 11.5. The van der Waals surface area contributed by atoms with Crippen LogP contribution in [0.1, 0.15) is 19.8 Å². The van der Waals surface area contributed by atoms with E-state index in [1.807, 2.05) is 0 Å². The van der Waals surface area contributed by atoms with E-state index < -0.39 is 10.0 Å². The molecule has 1 saturated heterocycles. The number of morpholine rings is 1. The fraction of sp³-hybridized carbons (Fsp3) is 0.909. The van der Waals surface area contributed by atoms with E-state index in [4.69, 9.17) is 10.5 Å². The first-order chi connectivity index (χ1) is 9.06. The predicted octanol–water partition coefficient (Wildman–Crippen LogP) is -0.647. The van der Waals surface area contributed by atoms with E-state index >= 15 is 0 Å². The van der Waals surface area contributed by atoms with Gasteiger partial charge in [-0.15, -0.1) is 0 Å². The van der Waals surface area contributed by atoms with Crippen molar-refractivity contribution < 1.29 is 13.2 Å². The summed E-state index contributed by atoms with van der Waals surface area (Å²) in [4.78, 5) is 4.10. The minimum Gasteiger partial charge on any atom is -0.379 e. The average Bonchev–Trinajstić information content (AvgIpc) is 2.40. The Balaban J connectivity index is 2.29. The maximum atomic E-state index is 12.0. The van der Waals surface area contributed by atoms with Crippen LogP contribution in [-0.2, 0) is 14.8 Å². The van der Waals surface area contributed by atoms with Crippen molar-refractivity contribution >= 4 is 16.0 Å². The third kappa shape index (κ3) is 6.22. The number of nitrogens with zero attached hydrogens (tertiary/aromatic N) is 2. The van der Waals surface area contributed by atoms with Gasteiger partial charge in [0, 0.05) is 26.2 Å². The van der Waals surface area contributed by atoms with E-state index in [2.05, 4.69) is 17.2 Å². The van der Waals surface area contributed by atoms with Crippen molar-refractivity contribution in [2.75, 3.05) is 45.1 Å². The summed E-state index contributed by atoms with van der Waals surface area (Å²) < 4.78 is 30.5. The van der Waals surface area contributed by atoms with Gasteiger partial charge >= 0.3 is 0 Å². The molecule has 0 radical (unpaired) electrons. The second kappa shape index (κ2) is 8.34. The molecule has 0 aliphatic carbocycles. The molecule has 1 aliphatic rings. The summed E-state index contributed by atoms with van der Waals surface area (Å²) in [5, 5.41) is 2.83. The van der Waals surface area contributed by atoms with E-state index in [1.54, 1.807) is 0 Å². The zero-order chi connectivity index (χ0) is 14.1. The van der Waals surface area contributed by atoms with Gasteiger partial charge in [-0.2, -0.15) is 4.31 Å². The molecular formula is C11H24N4O3S. The maximum absolute atomic E-state index is 12.0. The molecule has 1 heterocycles. The van der Waals surface area contributed by atoms with Crippen LogP contribution in [0.15, 0.2) is 4.99 Å². The van der Waals surface area contributed by atoms with E-state index in [9.17, 15) is 8.42 Å². The van der Waals surface area contributed by atoms with Crippen molar-refractivity contribution in [3.05, 3.63) is 0 Å². The number of nitrogens with two attached hydrogens (primary N) is 1. The lowest BCUT2D eigenvalue weighted by Gasteiger charge is -2.26. The molecular weight excluding hydrogens is 268 g/mol. The van der Waals surface area contributed by atoms with Crippen LogP contribution in [0.5, 0.6) is 0 Å². The van der Waals surface area contributed by atoms with Gasteiger partial charge in [0.1, 0.15) is 0 Å². The Hall–Kier alpha value is -0.860. The van der Waals surface area contributed by atoms with E-state index in [0.717, 1.165) is 12.8 Å². The normalized spacial score (nSPS) is 18.5.